The molecule has 1 fully saturated rings. The first-order chi connectivity index (χ1) is 4.74. The average molecular weight is 140 g/mol. The lowest BCUT2D eigenvalue weighted by Gasteiger charge is -1.99. The van der Waals surface area contributed by atoms with E-state index in [2.05, 4.69) is 0 Å². The quantitative estimate of drug-likeness (QED) is 0.407. The molecule has 0 bridgehead atoms. The Kier molecular flexibility index (Phi) is 2.10. The Hall–Kier alpha value is -0.790. The van der Waals surface area contributed by atoms with Crippen molar-refractivity contribution < 1.29 is 9.53 Å². The maximum atomic E-state index is 10.8. The molecule has 2 atom stereocenters. The first-order valence-corrected chi connectivity index (χ1v) is 3.57. The Morgan fingerprint density at radius 2 is 2.40 bits per heavy atom. The molecule has 0 aromatic rings. The number of esters is 1. The van der Waals surface area contributed by atoms with Crippen molar-refractivity contribution in [3.05, 3.63) is 12.2 Å². The van der Waals surface area contributed by atoms with E-state index in [1.165, 1.54) is 0 Å². The monoisotopic (exact) mass is 140 g/mol. The van der Waals surface area contributed by atoms with Crippen LogP contribution >= 0.6 is 0 Å². The number of ether oxygens (including phenoxy) is 1. The Bertz CT molecular complexity index is 161. The summed E-state index contributed by atoms with van der Waals surface area (Å²) in [6.07, 6.45) is 4.70. The molecule has 1 aliphatic rings. The molecule has 0 aliphatic carbocycles. The van der Waals surface area contributed by atoms with Crippen LogP contribution in [0.15, 0.2) is 12.2 Å². The summed E-state index contributed by atoms with van der Waals surface area (Å²) in [4.78, 5) is 10.8. The van der Waals surface area contributed by atoms with Gasteiger partial charge in [-0.2, -0.15) is 0 Å². The van der Waals surface area contributed by atoms with Gasteiger partial charge in [0.25, 0.3) is 0 Å². The summed E-state index contributed by atoms with van der Waals surface area (Å²) in [5.74, 6) is 0.0179. The molecule has 0 radical (unpaired) electrons. The van der Waals surface area contributed by atoms with Gasteiger partial charge in [-0.05, 0) is 13.0 Å². The average Bonchev–Trinajstić information content (AvgIpc) is 2.14. The summed E-state index contributed by atoms with van der Waals surface area (Å²) in [7, 11) is 0. The second-order valence-electron chi connectivity index (χ2n) is 2.64. The van der Waals surface area contributed by atoms with Gasteiger partial charge >= 0.3 is 5.97 Å². The molecular formula is C8H12O2. The molecule has 0 saturated carbocycles. The normalized spacial score (nSPS) is 33.2. The predicted octanol–water partition coefficient (Wildman–Crippen LogP) is 1.51. The topological polar surface area (TPSA) is 26.3 Å². The van der Waals surface area contributed by atoms with Crippen molar-refractivity contribution in [2.24, 2.45) is 5.92 Å². The summed E-state index contributed by atoms with van der Waals surface area (Å²) in [6.45, 7) is 3.82. The molecule has 1 rings (SSSR count). The first kappa shape index (κ1) is 7.32. The third kappa shape index (κ3) is 1.38. The Morgan fingerprint density at radius 1 is 1.70 bits per heavy atom. The molecule has 10 heavy (non-hydrogen) atoms. The van der Waals surface area contributed by atoms with Crippen molar-refractivity contribution >= 4 is 5.97 Å². The molecule has 0 aromatic carbocycles. The van der Waals surface area contributed by atoms with Crippen LogP contribution in [0.4, 0.5) is 0 Å². The lowest BCUT2D eigenvalue weighted by molar-refractivity contribution is -0.142. The molecule has 0 N–H and O–H groups in total. The SMILES string of the molecule is C/C=C/[C@@H]1C[C@H](C)C(=O)O1. The van der Waals surface area contributed by atoms with Crippen molar-refractivity contribution in [2.75, 3.05) is 0 Å². The van der Waals surface area contributed by atoms with Gasteiger partial charge in [-0.1, -0.05) is 13.0 Å². The first-order valence-electron chi connectivity index (χ1n) is 3.57. The summed E-state index contributed by atoms with van der Waals surface area (Å²) in [6, 6.07) is 0. The molecular weight excluding hydrogens is 128 g/mol. The van der Waals surface area contributed by atoms with Crippen molar-refractivity contribution in [1.29, 1.82) is 0 Å². The van der Waals surface area contributed by atoms with Gasteiger partial charge < -0.3 is 4.74 Å². The Labute approximate surface area is 60.9 Å². The van der Waals surface area contributed by atoms with E-state index in [0.29, 0.717) is 0 Å². The van der Waals surface area contributed by atoms with E-state index in [1.807, 2.05) is 26.0 Å². The predicted molar refractivity (Wildman–Crippen MR) is 38.5 cm³/mol. The van der Waals surface area contributed by atoms with Gasteiger partial charge in [0, 0.05) is 6.42 Å². The highest BCUT2D eigenvalue weighted by Crippen LogP contribution is 2.20. The minimum Gasteiger partial charge on any atom is -0.458 e. The Balaban J connectivity index is 2.49. The number of rotatable bonds is 1. The summed E-state index contributed by atoms with van der Waals surface area (Å²) < 4.78 is 4.99. The van der Waals surface area contributed by atoms with E-state index in [9.17, 15) is 4.79 Å². The zero-order valence-corrected chi connectivity index (χ0v) is 6.33. The van der Waals surface area contributed by atoms with Gasteiger partial charge in [0.15, 0.2) is 0 Å². The molecule has 2 heteroatoms. The lowest BCUT2D eigenvalue weighted by Crippen LogP contribution is -2.03. The van der Waals surface area contributed by atoms with Crippen LogP contribution in [0.3, 0.4) is 0 Å². The highest BCUT2D eigenvalue weighted by molar-refractivity contribution is 5.74. The van der Waals surface area contributed by atoms with Gasteiger partial charge in [-0.15, -0.1) is 0 Å². The van der Waals surface area contributed by atoms with Gasteiger partial charge in [-0.25, -0.2) is 0 Å². The van der Waals surface area contributed by atoms with Crippen molar-refractivity contribution in [2.45, 2.75) is 26.4 Å². The van der Waals surface area contributed by atoms with Crippen LogP contribution in [0.2, 0.25) is 0 Å². The van der Waals surface area contributed by atoms with Gasteiger partial charge in [0.1, 0.15) is 6.10 Å². The van der Waals surface area contributed by atoms with Gasteiger partial charge in [0.2, 0.25) is 0 Å². The van der Waals surface area contributed by atoms with E-state index in [1.54, 1.807) is 0 Å². The van der Waals surface area contributed by atoms with Crippen molar-refractivity contribution in [3.8, 4) is 0 Å². The van der Waals surface area contributed by atoms with E-state index in [0.717, 1.165) is 6.42 Å². The fourth-order valence-electron chi connectivity index (χ4n) is 1.09. The second kappa shape index (κ2) is 2.86. The number of hydrogen-bond donors (Lipinski definition) is 0. The molecule has 56 valence electrons. The van der Waals surface area contributed by atoms with Crippen LogP contribution in [0, 0.1) is 5.92 Å². The minimum atomic E-state index is -0.0666. The maximum absolute atomic E-state index is 10.8. The minimum absolute atomic E-state index is 0.0347. The maximum Gasteiger partial charge on any atom is 0.309 e. The molecule has 2 nitrogen and oxygen atoms in total. The molecule has 0 amide bonds. The summed E-state index contributed by atoms with van der Waals surface area (Å²) in [5.41, 5.74) is 0. The lowest BCUT2D eigenvalue weighted by atomic mass is 10.1. The van der Waals surface area contributed by atoms with Crippen LogP contribution in [0.5, 0.6) is 0 Å². The van der Waals surface area contributed by atoms with Crippen molar-refractivity contribution in [3.63, 3.8) is 0 Å². The van der Waals surface area contributed by atoms with E-state index < -0.39 is 0 Å². The third-order valence-corrected chi connectivity index (χ3v) is 1.66. The smallest absolute Gasteiger partial charge is 0.309 e. The van der Waals surface area contributed by atoms with Crippen LogP contribution in [0.1, 0.15) is 20.3 Å². The fraction of sp³-hybridized carbons (Fsp3) is 0.625. The van der Waals surface area contributed by atoms with E-state index in [4.69, 9.17) is 4.74 Å². The molecule has 1 aliphatic heterocycles. The van der Waals surface area contributed by atoms with Crippen LogP contribution in [0.25, 0.3) is 0 Å². The van der Waals surface area contributed by atoms with Crippen LogP contribution in [-0.2, 0) is 9.53 Å². The highest BCUT2D eigenvalue weighted by atomic mass is 16.5. The van der Waals surface area contributed by atoms with Gasteiger partial charge in [-0.3, -0.25) is 4.79 Å². The molecule has 1 saturated heterocycles. The zero-order valence-electron chi connectivity index (χ0n) is 6.33. The number of allylic oxidation sites excluding steroid dienone is 1. The summed E-state index contributed by atoms with van der Waals surface area (Å²) >= 11 is 0. The fourth-order valence-corrected chi connectivity index (χ4v) is 1.09. The molecule has 0 unspecified atom stereocenters. The highest BCUT2D eigenvalue weighted by Gasteiger charge is 2.28. The van der Waals surface area contributed by atoms with Crippen LogP contribution in [-0.4, -0.2) is 12.1 Å². The van der Waals surface area contributed by atoms with E-state index >= 15 is 0 Å². The number of carbonyl (C=O) groups excluding carboxylic acids is 1. The number of carbonyl (C=O) groups is 1. The van der Waals surface area contributed by atoms with Crippen molar-refractivity contribution in [1.82, 2.24) is 0 Å². The second-order valence-corrected chi connectivity index (χ2v) is 2.64. The molecule has 1 heterocycles. The Morgan fingerprint density at radius 3 is 2.80 bits per heavy atom. The molecule has 0 aromatic heterocycles. The third-order valence-electron chi connectivity index (χ3n) is 1.66. The summed E-state index contributed by atoms with van der Waals surface area (Å²) in [5, 5.41) is 0. The van der Waals surface area contributed by atoms with Crippen LogP contribution < -0.4 is 0 Å². The largest absolute Gasteiger partial charge is 0.458 e. The number of cyclic esters (lactones) is 1. The molecule has 0 spiro atoms. The van der Waals surface area contributed by atoms with Gasteiger partial charge in [0.05, 0.1) is 5.92 Å². The zero-order chi connectivity index (χ0) is 7.56. The van der Waals surface area contributed by atoms with E-state index in [-0.39, 0.29) is 18.0 Å². The standard InChI is InChI=1S/C8H12O2/c1-3-4-7-5-6(2)8(9)10-7/h3-4,6-7H,5H2,1-2H3/b4-3+/t6-,7+/m0/s1. The number of hydrogen-bond acceptors (Lipinski definition) is 2.